The molecule has 2 fully saturated rings. The fraction of sp³-hybridized carbons (Fsp3) is 1.00. The number of hydrogen-bond donors (Lipinski definition) is 1. The maximum Gasteiger partial charge on any atom is 0.0990 e. The van der Waals surface area contributed by atoms with Crippen molar-refractivity contribution in [3.63, 3.8) is 0 Å². The number of aliphatic hydroxyl groups excluding tert-OH is 1. The highest BCUT2D eigenvalue weighted by Gasteiger charge is 2.67. The van der Waals surface area contributed by atoms with E-state index in [1.165, 1.54) is 0 Å². The first-order valence-electron chi connectivity index (χ1n) is 8.12. The molecule has 1 saturated carbocycles. The molecule has 1 N–H and O–H groups in total. The summed E-state index contributed by atoms with van der Waals surface area (Å²) in [4.78, 5) is 0. The van der Waals surface area contributed by atoms with Crippen LogP contribution in [0, 0.1) is 11.8 Å². The summed E-state index contributed by atoms with van der Waals surface area (Å²) < 4.78 is 17.5. The van der Waals surface area contributed by atoms with Crippen molar-refractivity contribution in [1.29, 1.82) is 0 Å². The average Bonchev–Trinajstić information content (AvgIpc) is 3.11. The molecule has 4 radical (unpaired) electrons. The summed E-state index contributed by atoms with van der Waals surface area (Å²) in [5.74, 6) is 0.463. The molecule has 6 heteroatoms. The Labute approximate surface area is 137 Å². The SMILES string of the molecule is [B]C1([B])C[C@]2(CO2)[C@@H](C(C)(C)OCCC(C)C)[C@H](OC)[C@@H]1O. The zero-order valence-corrected chi connectivity index (χ0v) is 14.5. The predicted molar refractivity (Wildman–Crippen MR) is 87.3 cm³/mol. The molecule has 4 atom stereocenters. The summed E-state index contributed by atoms with van der Waals surface area (Å²) in [7, 11) is 13.7. The molecule has 0 unspecified atom stereocenters. The molecule has 22 heavy (non-hydrogen) atoms. The molecule has 2 aliphatic rings. The minimum atomic E-state index is -1.21. The van der Waals surface area contributed by atoms with Gasteiger partial charge in [0.2, 0.25) is 0 Å². The van der Waals surface area contributed by atoms with E-state index < -0.39 is 28.6 Å². The standard InChI is InChI=1S/C16H28B2O4/c1-10(2)6-7-21-14(3,4)12-11(20-5)13(19)16(17,18)8-15(12)9-22-15/h10-13,19H,6-9H2,1-5H3/t11-,12+,13-,15-/m0/s1. The number of aliphatic hydroxyl groups is 1. The Morgan fingerprint density at radius 3 is 2.41 bits per heavy atom. The van der Waals surface area contributed by atoms with Gasteiger partial charge in [0.15, 0.2) is 0 Å². The highest BCUT2D eigenvalue weighted by molar-refractivity contribution is 6.40. The molecule has 0 aromatic heterocycles. The van der Waals surface area contributed by atoms with E-state index >= 15 is 0 Å². The molecular weight excluding hydrogens is 278 g/mol. The topological polar surface area (TPSA) is 51.2 Å². The van der Waals surface area contributed by atoms with E-state index in [9.17, 15) is 5.11 Å². The molecule has 4 nitrogen and oxygen atoms in total. The van der Waals surface area contributed by atoms with Crippen molar-refractivity contribution in [2.24, 2.45) is 11.8 Å². The van der Waals surface area contributed by atoms with E-state index in [0.717, 1.165) is 6.42 Å². The van der Waals surface area contributed by atoms with E-state index in [1.807, 2.05) is 13.8 Å². The van der Waals surface area contributed by atoms with Gasteiger partial charge >= 0.3 is 0 Å². The van der Waals surface area contributed by atoms with Crippen LogP contribution in [0.15, 0.2) is 0 Å². The van der Waals surface area contributed by atoms with Crippen molar-refractivity contribution in [1.82, 2.24) is 0 Å². The van der Waals surface area contributed by atoms with E-state index in [-0.39, 0.29) is 5.92 Å². The second-order valence-electron chi connectivity index (χ2n) is 7.90. The van der Waals surface area contributed by atoms with Crippen molar-refractivity contribution in [2.45, 2.75) is 69.2 Å². The molecule has 0 bridgehead atoms. The minimum Gasteiger partial charge on any atom is -0.391 e. The third-order valence-corrected chi connectivity index (χ3v) is 5.07. The normalized spacial score (nSPS) is 37.7. The summed E-state index contributed by atoms with van der Waals surface area (Å²) in [5.41, 5.74) is -0.950. The average molecular weight is 306 g/mol. The highest BCUT2D eigenvalue weighted by Crippen LogP contribution is 2.58. The summed E-state index contributed by atoms with van der Waals surface area (Å²) in [6, 6.07) is 0. The maximum atomic E-state index is 10.5. The summed E-state index contributed by atoms with van der Waals surface area (Å²) in [6.45, 7) is 9.64. The monoisotopic (exact) mass is 306 g/mol. The van der Waals surface area contributed by atoms with Gasteiger partial charge in [-0.1, -0.05) is 19.1 Å². The second-order valence-corrected chi connectivity index (χ2v) is 7.90. The second kappa shape index (κ2) is 6.12. The molecule has 0 aromatic carbocycles. The summed E-state index contributed by atoms with van der Waals surface area (Å²) in [6.07, 6.45) is -0.0736. The zero-order chi connectivity index (χ0) is 16.8. The first kappa shape index (κ1) is 18.3. The van der Waals surface area contributed by atoms with Gasteiger partial charge in [-0.3, -0.25) is 0 Å². The highest BCUT2D eigenvalue weighted by atomic mass is 16.6. The predicted octanol–water partition coefficient (Wildman–Crippen LogP) is 1.45. The van der Waals surface area contributed by atoms with Crippen LogP contribution in [-0.2, 0) is 14.2 Å². The molecule has 0 amide bonds. The van der Waals surface area contributed by atoms with Crippen LogP contribution in [0.2, 0.25) is 5.21 Å². The first-order valence-corrected chi connectivity index (χ1v) is 8.12. The van der Waals surface area contributed by atoms with E-state index in [2.05, 4.69) is 13.8 Å². The van der Waals surface area contributed by atoms with Crippen LogP contribution in [0.1, 0.15) is 40.5 Å². The van der Waals surface area contributed by atoms with Crippen molar-refractivity contribution in [2.75, 3.05) is 20.3 Å². The van der Waals surface area contributed by atoms with E-state index in [0.29, 0.717) is 25.6 Å². The van der Waals surface area contributed by atoms with Crippen LogP contribution in [0.25, 0.3) is 0 Å². The van der Waals surface area contributed by atoms with Gasteiger partial charge in [0.25, 0.3) is 0 Å². The molecular formula is C16H28B2O4. The Morgan fingerprint density at radius 2 is 1.95 bits per heavy atom. The zero-order valence-electron chi connectivity index (χ0n) is 14.5. The van der Waals surface area contributed by atoms with E-state index in [4.69, 9.17) is 29.9 Å². The molecule has 1 aliphatic carbocycles. The van der Waals surface area contributed by atoms with Gasteiger partial charge in [0.1, 0.15) is 0 Å². The lowest BCUT2D eigenvalue weighted by atomic mass is 9.42. The van der Waals surface area contributed by atoms with Gasteiger partial charge in [-0.15, -0.1) is 0 Å². The Hall–Kier alpha value is -0.0301. The van der Waals surface area contributed by atoms with Gasteiger partial charge in [-0.25, -0.2) is 0 Å². The minimum absolute atomic E-state index is 0.118. The van der Waals surface area contributed by atoms with Gasteiger partial charge in [-0.2, -0.15) is 0 Å². The van der Waals surface area contributed by atoms with Gasteiger partial charge in [-0.05, 0) is 32.6 Å². The third kappa shape index (κ3) is 3.40. The van der Waals surface area contributed by atoms with Crippen LogP contribution in [-0.4, -0.2) is 64.5 Å². The maximum absolute atomic E-state index is 10.5. The fourth-order valence-electron chi connectivity index (χ4n) is 3.84. The van der Waals surface area contributed by atoms with Crippen molar-refractivity contribution in [3.05, 3.63) is 0 Å². The quantitative estimate of drug-likeness (QED) is 0.596. The summed E-state index contributed by atoms with van der Waals surface area (Å²) >= 11 is 0. The van der Waals surface area contributed by atoms with Gasteiger partial charge < -0.3 is 19.3 Å². The molecule has 1 aliphatic heterocycles. The molecule has 1 saturated heterocycles. The largest absolute Gasteiger partial charge is 0.391 e. The molecule has 2 rings (SSSR count). The van der Waals surface area contributed by atoms with Crippen LogP contribution < -0.4 is 0 Å². The van der Waals surface area contributed by atoms with Crippen LogP contribution >= 0.6 is 0 Å². The number of rotatable bonds is 6. The number of ether oxygens (including phenoxy) is 3. The first-order chi connectivity index (χ1) is 10.1. The lowest BCUT2D eigenvalue weighted by Crippen LogP contribution is -2.62. The van der Waals surface area contributed by atoms with E-state index in [1.54, 1.807) is 7.11 Å². The summed E-state index contributed by atoms with van der Waals surface area (Å²) in [5, 5.41) is 9.31. The van der Waals surface area contributed by atoms with Crippen molar-refractivity contribution >= 4 is 15.7 Å². The molecule has 0 aromatic rings. The number of hydrogen-bond acceptors (Lipinski definition) is 4. The van der Waals surface area contributed by atoms with Crippen LogP contribution in [0.4, 0.5) is 0 Å². The number of methoxy groups -OCH3 is 1. The lowest BCUT2D eigenvalue weighted by Gasteiger charge is -2.53. The van der Waals surface area contributed by atoms with Gasteiger partial charge in [0, 0.05) is 19.6 Å². The van der Waals surface area contributed by atoms with Gasteiger partial charge in [0.05, 0.1) is 45.7 Å². The smallest absolute Gasteiger partial charge is 0.0990 e. The fourth-order valence-corrected chi connectivity index (χ4v) is 3.84. The molecule has 1 spiro atoms. The Balaban J connectivity index is 2.19. The number of epoxide rings is 1. The molecule has 1 heterocycles. The Bertz CT molecular complexity index is 394. The van der Waals surface area contributed by atoms with Crippen molar-refractivity contribution in [3.8, 4) is 0 Å². The third-order valence-electron chi connectivity index (χ3n) is 5.07. The van der Waals surface area contributed by atoms with Crippen molar-refractivity contribution < 1.29 is 19.3 Å². The Morgan fingerprint density at radius 1 is 1.36 bits per heavy atom. The Kier molecular flexibility index (Phi) is 5.09. The van der Waals surface area contributed by atoms with Crippen LogP contribution in [0.3, 0.4) is 0 Å². The molecule has 122 valence electrons. The lowest BCUT2D eigenvalue weighted by molar-refractivity contribution is -0.180. The van der Waals surface area contributed by atoms with Crippen LogP contribution in [0.5, 0.6) is 0 Å².